The predicted molar refractivity (Wildman–Crippen MR) is 75.4 cm³/mol. The highest BCUT2D eigenvalue weighted by Gasteiger charge is 2.08. The molecule has 1 aromatic heterocycles. The molecule has 0 aliphatic heterocycles. The Balaban J connectivity index is 2.56. The number of hydrogen-bond acceptors (Lipinski definition) is 1. The average Bonchev–Trinajstić information content (AvgIpc) is 2.54. The first kappa shape index (κ1) is 13.8. The molecule has 0 nitrogen and oxygen atoms in total. The smallest absolute Gasteiger partial charge is 0.00774 e. The predicted octanol–water partition coefficient (Wildman–Crippen LogP) is 5.23. The van der Waals surface area contributed by atoms with Gasteiger partial charge in [0.25, 0.3) is 0 Å². The zero-order chi connectivity index (χ0) is 12.1. The first-order chi connectivity index (χ1) is 7.52. The summed E-state index contributed by atoms with van der Waals surface area (Å²) in [5, 5.41) is 0. The molecule has 92 valence electrons. The summed E-state index contributed by atoms with van der Waals surface area (Å²) >= 11 is 2.04. The minimum atomic E-state index is 0.778. The molecule has 0 aliphatic carbocycles. The van der Waals surface area contributed by atoms with Crippen LogP contribution in [-0.2, 0) is 12.8 Å². The van der Waals surface area contributed by atoms with Crippen molar-refractivity contribution in [3.05, 3.63) is 21.4 Å². The monoisotopic (exact) mass is 238 g/mol. The van der Waals surface area contributed by atoms with Gasteiger partial charge in [-0.15, -0.1) is 11.3 Å². The molecule has 0 aromatic carbocycles. The van der Waals surface area contributed by atoms with Gasteiger partial charge in [0.2, 0.25) is 0 Å². The molecule has 0 saturated carbocycles. The van der Waals surface area contributed by atoms with Crippen molar-refractivity contribution in [3.8, 4) is 0 Å². The van der Waals surface area contributed by atoms with Crippen molar-refractivity contribution in [2.75, 3.05) is 0 Å². The summed E-state index contributed by atoms with van der Waals surface area (Å²) in [5.74, 6) is 1.65. The molecule has 16 heavy (non-hydrogen) atoms. The molecule has 0 radical (unpaired) electrons. The van der Waals surface area contributed by atoms with Gasteiger partial charge in [-0.1, -0.05) is 34.1 Å². The summed E-state index contributed by atoms with van der Waals surface area (Å²) in [5.41, 5.74) is 1.52. The fourth-order valence-electron chi connectivity index (χ4n) is 1.92. The molecular weight excluding hydrogens is 212 g/mol. The second-order valence-corrected chi connectivity index (χ2v) is 6.69. The Hall–Kier alpha value is -0.300. The fourth-order valence-corrected chi connectivity index (χ4v) is 3.33. The standard InChI is InChI=1S/C15H26S/c1-6-12(4)7-8-15-13(5)10-14(16-15)9-11(2)3/h10-12H,6-9H2,1-5H3. The lowest BCUT2D eigenvalue weighted by molar-refractivity contribution is 0.518. The first-order valence-corrected chi connectivity index (χ1v) is 7.42. The maximum absolute atomic E-state index is 2.40. The Bertz CT molecular complexity index is 309. The van der Waals surface area contributed by atoms with Crippen LogP contribution in [-0.4, -0.2) is 0 Å². The van der Waals surface area contributed by atoms with Crippen LogP contribution in [0.3, 0.4) is 0 Å². The Morgan fingerprint density at radius 3 is 2.50 bits per heavy atom. The maximum Gasteiger partial charge on any atom is 0.00774 e. The first-order valence-electron chi connectivity index (χ1n) is 6.61. The summed E-state index contributed by atoms with van der Waals surface area (Å²) in [6.45, 7) is 11.5. The van der Waals surface area contributed by atoms with Gasteiger partial charge in [0.05, 0.1) is 0 Å². The summed E-state index contributed by atoms with van der Waals surface area (Å²) in [7, 11) is 0. The highest BCUT2D eigenvalue weighted by atomic mass is 32.1. The largest absolute Gasteiger partial charge is 0.145 e. The molecular formula is C15H26S. The molecule has 1 rings (SSSR count). The van der Waals surface area contributed by atoms with Crippen molar-refractivity contribution in [2.45, 2.75) is 60.3 Å². The van der Waals surface area contributed by atoms with Crippen LogP contribution in [0.1, 0.15) is 55.9 Å². The van der Waals surface area contributed by atoms with E-state index in [1.807, 2.05) is 11.3 Å². The zero-order valence-corrected chi connectivity index (χ0v) is 12.3. The molecule has 0 bridgehead atoms. The fraction of sp³-hybridized carbons (Fsp3) is 0.733. The third kappa shape index (κ3) is 4.29. The van der Waals surface area contributed by atoms with Crippen LogP contribution in [0.15, 0.2) is 6.07 Å². The van der Waals surface area contributed by atoms with Gasteiger partial charge in [-0.05, 0) is 49.7 Å². The molecule has 0 aliphatic rings. The minimum absolute atomic E-state index is 0.778. The van der Waals surface area contributed by atoms with Crippen LogP contribution in [0.2, 0.25) is 0 Å². The van der Waals surface area contributed by atoms with Crippen LogP contribution in [0.4, 0.5) is 0 Å². The van der Waals surface area contributed by atoms with Crippen LogP contribution in [0, 0.1) is 18.8 Å². The number of thiophene rings is 1. The lowest BCUT2D eigenvalue weighted by Crippen LogP contribution is -1.94. The van der Waals surface area contributed by atoms with Gasteiger partial charge >= 0.3 is 0 Å². The highest BCUT2D eigenvalue weighted by Crippen LogP contribution is 2.26. The van der Waals surface area contributed by atoms with Crippen LogP contribution in [0.25, 0.3) is 0 Å². The van der Waals surface area contributed by atoms with E-state index in [4.69, 9.17) is 0 Å². The lowest BCUT2D eigenvalue weighted by Gasteiger charge is -2.06. The summed E-state index contributed by atoms with van der Waals surface area (Å²) in [6, 6.07) is 2.40. The lowest BCUT2D eigenvalue weighted by atomic mass is 10.0. The molecule has 1 heterocycles. The van der Waals surface area contributed by atoms with Crippen molar-refractivity contribution in [1.29, 1.82) is 0 Å². The van der Waals surface area contributed by atoms with E-state index >= 15 is 0 Å². The number of aryl methyl sites for hydroxylation is 2. The molecule has 1 heteroatoms. The topological polar surface area (TPSA) is 0 Å². The van der Waals surface area contributed by atoms with E-state index in [0.29, 0.717) is 0 Å². The second-order valence-electron chi connectivity index (χ2n) is 5.47. The van der Waals surface area contributed by atoms with Crippen LogP contribution < -0.4 is 0 Å². The van der Waals surface area contributed by atoms with Crippen LogP contribution >= 0.6 is 11.3 Å². The van der Waals surface area contributed by atoms with Crippen molar-refractivity contribution in [1.82, 2.24) is 0 Å². The van der Waals surface area contributed by atoms with Crippen molar-refractivity contribution < 1.29 is 0 Å². The van der Waals surface area contributed by atoms with E-state index in [0.717, 1.165) is 11.8 Å². The molecule has 0 saturated heterocycles. The Morgan fingerprint density at radius 1 is 1.25 bits per heavy atom. The zero-order valence-electron chi connectivity index (χ0n) is 11.5. The SMILES string of the molecule is CCC(C)CCc1sc(CC(C)C)cc1C. The highest BCUT2D eigenvalue weighted by molar-refractivity contribution is 7.12. The normalized spacial score (nSPS) is 13.4. The molecule has 1 atom stereocenters. The summed E-state index contributed by atoms with van der Waals surface area (Å²) in [6.07, 6.45) is 5.18. The van der Waals surface area contributed by atoms with E-state index in [1.54, 1.807) is 9.75 Å². The molecule has 0 amide bonds. The van der Waals surface area contributed by atoms with E-state index < -0.39 is 0 Å². The van der Waals surface area contributed by atoms with Gasteiger partial charge < -0.3 is 0 Å². The van der Waals surface area contributed by atoms with Gasteiger partial charge in [0.15, 0.2) is 0 Å². The van der Waals surface area contributed by atoms with Gasteiger partial charge in [-0.2, -0.15) is 0 Å². The molecule has 0 N–H and O–H groups in total. The van der Waals surface area contributed by atoms with Crippen molar-refractivity contribution >= 4 is 11.3 Å². The second kappa shape index (κ2) is 6.44. The van der Waals surface area contributed by atoms with E-state index in [2.05, 4.69) is 40.7 Å². The van der Waals surface area contributed by atoms with E-state index in [-0.39, 0.29) is 0 Å². The Morgan fingerprint density at radius 2 is 1.94 bits per heavy atom. The summed E-state index contributed by atoms with van der Waals surface area (Å²) < 4.78 is 0. The Kier molecular flexibility index (Phi) is 5.54. The third-order valence-corrected chi connectivity index (χ3v) is 4.56. The quantitative estimate of drug-likeness (QED) is 0.636. The van der Waals surface area contributed by atoms with Gasteiger partial charge in [0, 0.05) is 9.75 Å². The Labute approximate surface area is 105 Å². The maximum atomic E-state index is 2.40. The number of hydrogen-bond donors (Lipinski definition) is 0. The van der Waals surface area contributed by atoms with Crippen molar-refractivity contribution in [3.63, 3.8) is 0 Å². The van der Waals surface area contributed by atoms with Gasteiger partial charge in [-0.25, -0.2) is 0 Å². The molecule has 0 spiro atoms. The molecule has 1 unspecified atom stereocenters. The van der Waals surface area contributed by atoms with Gasteiger partial charge in [0.1, 0.15) is 0 Å². The van der Waals surface area contributed by atoms with Gasteiger partial charge in [-0.3, -0.25) is 0 Å². The minimum Gasteiger partial charge on any atom is -0.145 e. The molecule has 0 fully saturated rings. The average molecular weight is 238 g/mol. The van der Waals surface area contributed by atoms with Crippen LogP contribution in [0.5, 0.6) is 0 Å². The molecule has 1 aromatic rings. The number of rotatable bonds is 6. The van der Waals surface area contributed by atoms with E-state index in [9.17, 15) is 0 Å². The van der Waals surface area contributed by atoms with E-state index in [1.165, 1.54) is 31.2 Å². The van der Waals surface area contributed by atoms with Crippen molar-refractivity contribution in [2.24, 2.45) is 11.8 Å². The third-order valence-electron chi connectivity index (χ3n) is 3.24. The summed E-state index contributed by atoms with van der Waals surface area (Å²) in [4.78, 5) is 3.20.